The van der Waals surface area contributed by atoms with Crippen molar-refractivity contribution in [2.75, 3.05) is 38.6 Å². The van der Waals surface area contributed by atoms with Gasteiger partial charge >= 0.3 is 0 Å². The normalized spacial score (nSPS) is 19.5. The van der Waals surface area contributed by atoms with Crippen molar-refractivity contribution in [3.63, 3.8) is 0 Å². The number of ether oxygens (including phenoxy) is 1. The highest BCUT2D eigenvalue weighted by Gasteiger charge is 2.30. The molecule has 2 aliphatic rings. The molecule has 174 valence electrons. The van der Waals surface area contributed by atoms with Crippen molar-refractivity contribution >= 4 is 17.5 Å². The number of nitrogens with one attached hydrogen (secondary N) is 2. The Labute approximate surface area is 187 Å². The van der Waals surface area contributed by atoms with Crippen molar-refractivity contribution in [2.45, 2.75) is 45.1 Å². The van der Waals surface area contributed by atoms with Crippen LogP contribution in [0, 0.1) is 17.0 Å². The van der Waals surface area contributed by atoms with Crippen molar-refractivity contribution in [3.8, 4) is 5.75 Å². The Morgan fingerprint density at radius 3 is 2.62 bits per heavy atom. The van der Waals surface area contributed by atoms with Crippen LogP contribution in [0.4, 0.5) is 5.69 Å². The van der Waals surface area contributed by atoms with Crippen molar-refractivity contribution in [2.24, 2.45) is 0 Å². The summed E-state index contributed by atoms with van der Waals surface area (Å²) in [5.41, 5.74) is 1.50. The number of hydrogen-bond acceptors (Lipinski definition) is 7. The quantitative estimate of drug-likeness (QED) is 0.465. The summed E-state index contributed by atoms with van der Waals surface area (Å²) >= 11 is 0. The standard InChI is InChI=1S/C22H31N5O5/c1-16-13-17(8-9-19(16)32-2)23-20(14-27(30)31)24-18-7-3-4-12-26(22(18)29)15-21(28)25-10-5-6-11-25/h8-9,13-14,18,23-24H,3-7,10-12,15H2,1-2H3/b20-14-. The molecule has 2 saturated heterocycles. The molecular weight excluding hydrogens is 414 g/mol. The molecule has 1 unspecified atom stereocenters. The number of benzene rings is 1. The van der Waals surface area contributed by atoms with E-state index in [0.29, 0.717) is 24.4 Å². The maximum absolute atomic E-state index is 13.2. The molecule has 1 aromatic rings. The SMILES string of the molecule is COc1ccc(N/C(=C/[N+](=O)[O-])NC2CCCCN(CC(=O)N3CCCC3)C2=O)cc1C. The second-order valence-corrected chi connectivity index (χ2v) is 8.18. The molecule has 2 heterocycles. The highest BCUT2D eigenvalue weighted by molar-refractivity contribution is 5.88. The molecule has 0 aromatic heterocycles. The minimum atomic E-state index is -0.651. The second kappa shape index (κ2) is 10.8. The smallest absolute Gasteiger partial charge is 0.274 e. The summed E-state index contributed by atoms with van der Waals surface area (Å²) in [4.78, 5) is 39.7. The lowest BCUT2D eigenvalue weighted by atomic mass is 10.1. The number of likely N-dealkylation sites (tertiary alicyclic amines) is 2. The minimum absolute atomic E-state index is 0.0376. The first-order valence-electron chi connectivity index (χ1n) is 11.0. The Kier molecular flexibility index (Phi) is 7.91. The Morgan fingerprint density at radius 1 is 1.25 bits per heavy atom. The van der Waals surface area contributed by atoms with Crippen LogP contribution in [0.15, 0.2) is 30.2 Å². The molecule has 0 spiro atoms. The predicted molar refractivity (Wildman–Crippen MR) is 120 cm³/mol. The summed E-state index contributed by atoms with van der Waals surface area (Å²) < 4.78 is 5.25. The molecule has 32 heavy (non-hydrogen) atoms. The van der Waals surface area contributed by atoms with Gasteiger partial charge in [0.25, 0.3) is 6.20 Å². The highest BCUT2D eigenvalue weighted by Crippen LogP contribution is 2.22. The van der Waals surface area contributed by atoms with E-state index in [1.807, 2.05) is 13.0 Å². The number of carbonyl (C=O) groups is 2. The van der Waals surface area contributed by atoms with Gasteiger partial charge in [0.15, 0.2) is 5.82 Å². The molecule has 1 atom stereocenters. The molecule has 2 N–H and O–H groups in total. The fourth-order valence-corrected chi connectivity index (χ4v) is 4.14. The zero-order valence-corrected chi connectivity index (χ0v) is 18.6. The molecule has 0 saturated carbocycles. The van der Waals surface area contributed by atoms with Crippen LogP contribution in [-0.4, -0.2) is 65.9 Å². The van der Waals surface area contributed by atoms with Crippen molar-refractivity contribution in [3.05, 3.63) is 45.9 Å². The van der Waals surface area contributed by atoms with Gasteiger partial charge in [-0.15, -0.1) is 0 Å². The van der Waals surface area contributed by atoms with E-state index in [2.05, 4.69) is 10.6 Å². The number of amides is 2. The van der Waals surface area contributed by atoms with Crippen LogP contribution < -0.4 is 15.4 Å². The molecule has 2 amide bonds. The molecule has 0 aliphatic carbocycles. The largest absolute Gasteiger partial charge is 0.496 e. The molecule has 3 rings (SSSR count). The van der Waals surface area contributed by atoms with Crippen LogP contribution in [-0.2, 0) is 9.59 Å². The Hall–Kier alpha value is -3.30. The van der Waals surface area contributed by atoms with Gasteiger partial charge in [-0.1, -0.05) is 0 Å². The number of anilines is 1. The zero-order chi connectivity index (χ0) is 23.1. The molecule has 10 nitrogen and oxygen atoms in total. The van der Waals surface area contributed by atoms with Crippen molar-refractivity contribution < 1.29 is 19.2 Å². The van der Waals surface area contributed by atoms with Gasteiger partial charge in [0, 0.05) is 25.3 Å². The fraction of sp³-hybridized carbons (Fsp3) is 0.545. The third-order valence-corrected chi connectivity index (χ3v) is 5.80. The molecule has 2 fully saturated rings. The first-order chi connectivity index (χ1) is 15.4. The third kappa shape index (κ3) is 6.12. The molecular formula is C22H31N5O5. The summed E-state index contributed by atoms with van der Waals surface area (Å²) in [6.07, 6.45) is 4.91. The van der Waals surface area contributed by atoms with Gasteiger partial charge in [-0.25, -0.2) is 0 Å². The number of methoxy groups -OCH3 is 1. The van der Waals surface area contributed by atoms with Gasteiger partial charge in [-0.2, -0.15) is 0 Å². The van der Waals surface area contributed by atoms with Crippen LogP contribution in [0.25, 0.3) is 0 Å². The van der Waals surface area contributed by atoms with Gasteiger partial charge < -0.3 is 25.2 Å². The van der Waals surface area contributed by atoms with Crippen molar-refractivity contribution in [1.82, 2.24) is 15.1 Å². The lowest BCUT2D eigenvalue weighted by Crippen LogP contribution is -2.49. The summed E-state index contributed by atoms with van der Waals surface area (Å²) in [7, 11) is 1.58. The summed E-state index contributed by atoms with van der Waals surface area (Å²) in [6.45, 7) is 3.91. The van der Waals surface area contributed by atoms with Gasteiger partial charge in [-0.3, -0.25) is 19.7 Å². The van der Waals surface area contributed by atoms with Crippen LogP contribution >= 0.6 is 0 Å². The molecule has 0 bridgehead atoms. The van der Waals surface area contributed by atoms with Crippen LogP contribution in [0.2, 0.25) is 0 Å². The number of rotatable bonds is 8. The zero-order valence-electron chi connectivity index (χ0n) is 18.6. The van der Waals surface area contributed by atoms with Gasteiger partial charge in [0.2, 0.25) is 11.8 Å². The van der Waals surface area contributed by atoms with E-state index in [0.717, 1.165) is 50.5 Å². The predicted octanol–water partition coefficient (Wildman–Crippen LogP) is 2.08. The van der Waals surface area contributed by atoms with E-state index in [1.54, 1.807) is 29.0 Å². The first-order valence-corrected chi connectivity index (χ1v) is 11.0. The van der Waals surface area contributed by atoms with E-state index in [1.165, 1.54) is 0 Å². The Balaban J connectivity index is 1.71. The van der Waals surface area contributed by atoms with Gasteiger partial charge in [0.1, 0.15) is 11.8 Å². The lowest BCUT2D eigenvalue weighted by molar-refractivity contribution is -0.403. The van der Waals surface area contributed by atoms with E-state index in [-0.39, 0.29) is 24.2 Å². The molecule has 1 aromatic carbocycles. The number of carbonyl (C=O) groups excluding carboxylic acids is 2. The second-order valence-electron chi connectivity index (χ2n) is 8.18. The average Bonchev–Trinajstić information content (AvgIpc) is 3.23. The maximum Gasteiger partial charge on any atom is 0.274 e. The highest BCUT2D eigenvalue weighted by atomic mass is 16.6. The average molecular weight is 446 g/mol. The number of nitrogens with zero attached hydrogens (tertiary/aromatic N) is 3. The summed E-state index contributed by atoms with van der Waals surface area (Å²) in [5.74, 6) is 0.576. The van der Waals surface area contributed by atoms with Crippen LogP contribution in [0.3, 0.4) is 0 Å². The van der Waals surface area contributed by atoms with Crippen molar-refractivity contribution in [1.29, 1.82) is 0 Å². The van der Waals surface area contributed by atoms with Gasteiger partial charge in [-0.05, 0) is 62.8 Å². The monoisotopic (exact) mass is 445 g/mol. The fourth-order valence-electron chi connectivity index (χ4n) is 4.14. The molecule has 0 radical (unpaired) electrons. The van der Waals surface area contributed by atoms with E-state index in [4.69, 9.17) is 4.74 Å². The lowest BCUT2D eigenvalue weighted by Gasteiger charge is -2.27. The van der Waals surface area contributed by atoms with E-state index >= 15 is 0 Å². The number of nitro groups is 1. The topological polar surface area (TPSA) is 117 Å². The van der Waals surface area contributed by atoms with Gasteiger partial charge in [0.05, 0.1) is 18.6 Å². The Bertz CT molecular complexity index is 881. The number of aryl methyl sites for hydroxylation is 1. The maximum atomic E-state index is 13.2. The summed E-state index contributed by atoms with van der Waals surface area (Å²) in [5, 5.41) is 17.2. The van der Waals surface area contributed by atoms with Crippen LogP contribution in [0.5, 0.6) is 5.75 Å². The van der Waals surface area contributed by atoms with E-state index < -0.39 is 11.0 Å². The molecule has 2 aliphatic heterocycles. The summed E-state index contributed by atoms with van der Waals surface area (Å²) in [6, 6.07) is 4.67. The molecule has 10 heteroatoms. The first kappa shape index (κ1) is 23.4. The third-order valence-electron chi connectivity index (χ3n) is 5.80. The van der Waals surface area contributed by atoms with Crippen LogP contribution in [0.1, 0.15) is 37.7 Å². The minimum Gasteiger partial charge on any atom is -0.496 e. The Morgan fingerprint density at radius 2 is 1.97 bits per heavy atom. The number of hydrogen-bond donors (Lipinski definition) is 2. The van der Waals surface area contributed by atoms with E-state index in [9.17, 15) is 19.7 Å².